The number of nitrogens with one attached hydrogen (secondary N) is 2. The van der Waals surface area contributed by atoms with Gasteiger partial charge in [0, 0.05) is 17.9 Å². The Morgan fingerprint density at radius 1 is 1.00 bits per heavy atom. The highest BCUT2D eigenvalue weighted by molar-refractivity contribution is 7.13. The minimum atomic E-state index is -0.295. The predicted molar refractivity (Wildman–Crippen MR) is 123 cm³/mol. The first kappa shape index (κ1) is 21.0. The van der Waals surface area contributed by atoms with Crippen molar-refractivity contribution >= 4 is 34.6 Å². The molecule has 2 N–H and O–H groups in total. The van der Waals surface area contributed by atoms with Crippen molar-refractivity contribution in [1.82, 2.24) is 15.1 Å². The Bertz CT molecular complexity index is 1110. The highest BCUT2D eigenvalue weighted by Gasteiger charge is 2.33. The van der Waals surface area contributed by atoms with Gasteiger partial charge in [-0.2, -0.15) is 0 Å². The Kier molecular flexibility index (Phi) is 5.99. The number of urea groups is 1. The van der Waals surface area contributed by atoms with Crippen molar-refractivity contribution in [2.45, 2.75) is 39.7 Å². The van der Waals surface area contributed by atoms with Gasteiger partial charge in [0.05, 0.1) is 6.04 Å². The molecule has 7 nitrogen and oxygen atoms in total. The first-order valence-corrected chi connectivity index (χ1v) is 11.1. The van der Waals surface area contributed by atoms with Crippen LogP contribution in [0.5, 0.6) is 0 Å². The van der Waals surface area contributed by atoms with Gasteiger partial charge in [0.25, 0.3) is 5.91 Å². The van der Waals surface area contributed by atoms with Gasteiger partial charge in [-0.25, -0.2) is 4.79 Å². The number of carbonyl (C=O) groups is 2. The Labute approximate surface area is 185 Å². The molecule has 1 saturated heterocycles. The van der Waals surface area contributed by atoms with Crippen LogP contribution in [0.1, 0.15) is 50.4 Å². The van der Waals surface area contributed by atoms with Crippen LogP contribution in [0.3, 0.4) is 0 Å². The number of amides is 3. The number of carbonyl (C=O) groups excluding carboxylic acids is 2. The summed E-state index contributed by atoms with van der Waals surface area (Å²) in [5, 5.41) is 15.1. The minimum absolute atomic E-state index is 0.157. The quantitative estimate of drug-likeness (QED) is 0.598. The normalized spacial score (nSPS) is 15.7. The molecule has 1 unspecified atom stereocenters. The van der Waals surface area contributed by atoms with Crippen LogP contribution in [0.25, 0.3) is 0 Å². The predicted octanol–water partition coefficient (Wildman–Crippen LogP) is 5.08. The Hall–Kier alpha value is -3.26. The topological polar surface area (TPSA) is 87.2 Å². The highest BCUT2D eigenvalue weighted by atomic mass is 32.1. The van der Waals surface area contributed by atoms with Crippen molar-refractivity contribution in [3.8, 4) is 0 Å². The van der Waals surface area contributed by atoms with Crippen molar-refractivity contribution in [3.05, 3.63) is 69.2 Å². The number of likely N-dealkylation sites (tertiary alicyclic amines) is 1. The van der Waals surface area contributed by atoms with Crippen molar-refractivity contribution in [3.63, 3.8) is 0 Å². The smallest absolute Gasteiger partial charge is 0.320 e. The summed E-state index contributed by atoms with van der Waals surface area (Å²) in [4.78, 5) is 27.3. The number of anilines is 2. The molecule has 31 heavy (non-hydrogen) atoms. The second-order valence-corrected chi connectivity index (χ2v) is 8.87. The van der Waals surface area contributed by atoms with E-state index in [0.29, 0.717) is 17.2 Å². The first-order chi connectivity index (χ1) is 14.9. The van der Waals surface area contributed by atoms with E-state index < -0.39 is 0 Å². The molecule has 0 aliphatic carbocycles. The van der Waals surface area contributed by atoms with Crippen LogP contribution in [0.2, 0.25) is 0 Å². The average Bonchev–Trinajstić information content (AvgIpc) is 3.41. The maximum atomic E-state index is 12.9. The lowest BCUT2D eigenvalue weighted by atomic mass is 10.1. The van der Waals surface area contributed by atoms with E-state index >= 15 is 0 Å². The summed E-state index contributed by atoms with van der Waals surface area (Å²) in [6, 6.07) is 13.2. The van der Waals surface area contributed by atoms with Crippen LogP contribution in [0, 0.1) is 20.8 Å². The molecule has 8 heteroatoms. The second kappa shape index (κ2) is 8.85. The molecule has 0 bridgehead atoms. The van der Waals surface area contributed by atoms with Crippen LogP contribution in [-0.2, 0) is 0 Å². The van der Waals surface area contributed by atoms with Gasteiger partial charge in [-0.3, -0.25) is 4.79 Å². The molecule has 3 aromatic rings. The van der Waals surface area contributed by atoms with Gasteiger partial charge >= 0.3 is 6.03 Å². The van der Waals surface area contributed by atoms with E-state index in [1.54, 1.807) is 4.90 Å². The molecule has 1 atom stereocenters. The molecular weight excluding hydrogens is 410 g/mol. The molecule has 0 spiro atoms. The van der Waals surface area contributed by atoms with E-state index in [2.05, 4.69) is 20.8 Å². The molecule has 4 rings (SSSR count). The molecule has 1 aromatic heterocycles. The summed E-state index contributed by atoms with van der Waals surface area (Å²) < 4.78 is 0. The SMILES string of the molecule is Cc1ccc(NC(=O)c2nnc(C3CCCN3C(=O)Nc3ccc(C)cc3C)s2)cc1. The Morgan fingerprint density at radius 3 is 2.48 bits per heavy atom. The van der Waals surface area contributed by atoms with E-state index in [4.69, 9.17) is 0 Å². The van der Waals surface area contributed by atoms with Crippen LogP contribution in [0.4, 0.5) is 16.2 Å². The van der Waals surface area contributed by atoms with Crippen molar-refractivity contribution < 1.29 is 9.59 Å². The standard InChI is InChI=1S/C23H25N5O2S/c1-14-6-9-17(10-7-14)24-20(29)22-27-26-21(31-22)19-5-4-12-28(19)23(30)25-18-11-8-15(2)13-16(18)3/h6-11,13,19H,4-5,12H2,1-3H3,(H,24,29)(H,25,30). The lowest BCUT2D eigenvalue weighted by Crippen LogP contribution is -2.34. The van der Waals surface area contributed by atoms with Gasteiger partial charge in [-0.1, -0.05) is 46.7 Å². The van der Waals surface area contributed by atoms with Gasteiger partial charge in [-0.05, 0) is 57.4 Å². The summed E-state index contributed by atoms with van der Waals surface area (Å²) in [7, 11) is 0. The number of hydrogen-bond donors (Lipinski definition) is 2. The van der Waals surface area contributed by atoms with Gasteiger partial charge in [-0.15, -0.1) is 10.2 Å². The van der Waals surface area contributed by atoms with E-state index in [-0.39, 0.29) is 23.0 Å². The first-order valence-electron chi connectivity index (χ1n) is 10.3. The number of aryl methyl sites for hydroxylation is 3. The van der Waals surface area contributed by atoms with Crippen molar-refractivity contribution in [2.24, 2.45) is 0 Å². The zero-order chi connectivity index (χ0) is 22.0. The lowest BCUT2D eigenvalue weighted by Gasteiger charge is -2.23. The van der Waals surface area contributed by atoms with Crippen molar-refractivity contribution in [2.75, 3.05) is 17.2 Å². The molecule has 2 heterocycles. The molecule has 160 valence electrons. The van der Waals surface area contributed by atoms with E-state index in [0.717, 1.165) is 35.2 Å². The molecule has 0 radical (unpaired) electrons. The Balaban J connectivity index is 1.45. The average molecular weight is 436 g/mol. The number of benzene rings is 2. The second-order valence-electron chi connectivity index (χ2n) is 7.87. The highest BCUT2D eigenvalue weighted by Crippen LogP contribution is 2.34. The van der Waals surface area contributed by atoms with Crippen LogP contribution in [-0.4, -0.2) is 33.6 Å². The third-order valence-corrected chi connectivity index (χ3v) is 6.39. The largest absolute Gasteiger partial charge is 0.322 e. The Morgan fingerprint density at radius 2 is 1.74 bits per heavy atom. The molecule has 1 fully saturated rings. The summed E-state index contributed by atoms with van der Waals surface area (Å²) in [6.07, 6.45) is 1.68. The van der Waals surface area contributed by atoms with Crippen molar-refractivity contribution in [1.29, 1.82) is 0 Å². The summed E-state index contributed by atoms with van der Waals surface area (Å²) in [6.45, 7) is 6.64. The van der Waals surface area contributed by atoms with Gasteiger partial charge in [0.1, 0.15) is 5.01 Å². The van der Waals surface area contributed by atoms with Crippen LogP contribution in [0.15, 0.2) is 42.5 Å². The third kappa shape index (κ3) is 4.74. The van der Waals surface area contributed by atoms with E-state index in [1.807, 2.05) is 63.2 Å². The monoisotopic (exact) mass is 435 g/mol. The summed E-state index contributed by atoms with van der Waals surface area (Å²) in [5.74, 6) is -0.295. The number of nitrogens with zero attached hydrogens (tertiary/aromatic N) is 3. The molecule has 0 saturated carbocycles. The molecule has 2 aromatic carbocycles. The van der Waals surface area contributed by atoms with Crippen LogP contribution >= 0.6 is 11.3 Å². The fourth-order valence-electron chi connectivity index (χ4n) is 3.69. The van der Waals surface area contributed by atoms with E-state index in [9.17, 15) is 9.59 Å². The molecular formula is C23H25N5O2S. The van der Waals surface area contributed by atoms with Gasteiger partial charge in [0.15, 0.2) is 0 Å². The summed E-state index contributed by atoms with van der Waals surface area (Å²) in [5.41, 5.74) is 4.81. The number of aromatic nitrogens is 2. The molecule has 3 amide bonds. The zero-order valence-corrected chi connectivity index (χ0v) is 18.6. The van der Waals surface area contributed by atoms with Gasteiger partial charge < -0.3 is 15.5 Å². The minimum Gasteiger partial charge on any atom is -0.320 e. The lowest BCUT2D eigenvalue weighted by molar-refractivity contribution is 0.102. The molecule has 1 aliphatic heterocycles. The zero-order valence-electron chi connectivity index (χ0n) is 17.8. The maximum absolute atomic E-state index is 12.9. The molecule has 1 aliphatic rings. The van der Waals surface area contributed by atoms with E-state index in [1.165, 1.54) is 11.3 Å². The van der Waals surface area contributed by atoms with Gasteiger partial charge in [0.2, 0.25) is 5.01 Å². The maximum Gasteiger partial charge on any atom is 0.322 e. The number of hydrogen-bond acceptors (Lipinski definition) is 5. The fourth-order valence-corrected chi connectivity index (χ4v) is 4.58. The summed E-state index contributed by atoms with van der Waals surface area (Å²) >= 11 is 1.24. The number of rotatable bonds is 4. The third-order valence-electron chi connectivity index (χ3n) is 5.37. The van der Waals surface area contributed by atoms with Crippen LogP contribution < -0.4 is 10.6 Å². The fraction of sp³-hybridized carbons (Fsp3) is 0.304.